The Morgan fingerprint density at radius 3 is 2.14 bits per heavy atom. The zero-order valence-electron chi connectivity index (χ0n) is 21.2. The molecule has 1 amide bonds. The highest BCUT2D eigenvalue weighted by atomic mass is 35.5. The molecule has 1 heterocycles. The molecule has 2 atom stereocenters. The summed E-state index contributed by atoms with van der Waals surface area (Å²) in [6, 6.07) is 9.94. The molecule has 0 radical (unpaired) electrons. The topological polar surface area (TPSA) is 54.5 Å². The lowest BCUT2D eigenvalue weighted by atomic mass is 9.76. The maximum absolute atomic E-state index is 14.9. The van der Waals surface area contributed by atoms with Crippen LogP contribution < -0.4 is 0 Å². The van der Waals surface area contributed by atoms with Gasteiger partial charge in [-0.1, -0.05) is 35.9 Å². The van der Waals surface area contributed by atoms with Crippen molar-refractivity contribution in [1.82, 2.24) is 4.90 Å². The average Bonchev–Trinajstić information content (AvgIpc) is 3.32. The monoisotopic (exact) mass is 637 g/mol. The number of rotatable bonds is 4. The number of hydrogen-bond donors (Lipinski definition) is 0. The summed E-state index contributed by atoms with van der Waals surface area (Å²) in [6.07, 6.45) is -13.4. The van der Waals surface area contributed by atoms with E-state index in [1.165, 1.54) is 29.2 Å². The predicted molar refractivity (Wildman–Crippen MR) is 136 cm³/mol. The van der Waals surface area contributed by atoms with Crippen LogP contribution in [-0.2, 0) is 26.7 Å². The van der Waals surface area contributed by atoms with Gasteiger partial charge in [-0.05, 0) is 72.9 Å². The van der Waals surface area contributed by atoms with Crippen LogP contribution in [0.2, 0.25) is 5.02 Å². The third-order valence-electron chi connectivity index (χ3n) is 8.00. The summed E-state index contributed by atoms with van der Waals surface area (Å²) in [7, 11) is -4.58. The maximum atomic E-state index is 14.9. The number of amides is 1. The number of nitrogens with zero attached hydrogens (tertiary/aromatic N) is 1. The van der Waals surface area contributed by atoms with E-state index in [2.05, 4.69) is 0 Å². The standard InChI is InChI=1S/C28H20ClF8NO3S/c29-19-3-1-2-17(15-19)24(39)38-13-12-25(42(40,41)21-8-6-20(30)7-9-21)22-10-5-18(14-16(22)4-11-23(25)38)26(31,27(32,33)34)28(35,36)37/h1-3,5-10,14-15,23H,4,11-13H2/t23-,25-/m1/s1. The summed E-state index contributed by atoms with van der Waals surface area (Å²) >= 11 is 6.02. The summed E-state index contributed by atoms with van der Waals surface area (Å²) < 4.78 is 136. The zero-order chi connectivity index (χ0) is 30.9. The van der Waals surface area contributed by atoms with Crippen molar-refractivity contribution < 1.29 is 48.3 Å². The minimum atomic E-state index is -6.36. The number of carbonyl (C=O) groups excluding carboxylic acids is 1. The molecule has 1 saturated heterocycles. The Bertz CT molecular complexity index is 1640. The molecule has 4 nitrogen and oxygen atoms in total. The van der Waals surface area contributed by atoms with Crippen molar-refractivity contribution >= 4 is 27.3 Å². The van der Waals surface area contributed by atoms with Gasteiger partial charge in [0.15, 0.2) is 9.84 Å². The van der Waals surface area contributed by atoms with Crippen LogP contribution in [0.15, 0.2) is 71.6 Å². The molecule has 5 rings (SSSR count). The third kappa shape index (κ3) is 4.38. The van der Waals surface area contributed by atoms with E-state index in [0.29, 0.717) is 6.07 Å². The first-order valence-electron chi connectivity index (χ1n) is 12.5. The smallest absolute Gasteiger partial charge is 0.334 e. The Morgan fingerprint density at radius 2 is 1.55 bits per heavy atom. The number of aryl methyl sites for hydroxylation is 1. The van der Waals surface area contributed by atoms with Crippen LogP contribution in [0.4, 0.5) is 35.1 Å². The highest BCUT2D eigenvalue weighted by molar-refractivity contribution is 7.92. The molecule has 0 unspecified atom stereocenters. The van der Waals surface area contributed by atoms with E-state index in [9.17, 15) is 48.3 Å². The van der Waals surface area contributed by atoms with Gasteiger partial charge in [-0.3, -0.25) is 4.79 Å². The van der Waals surface area contributed by atoms with Crippen LogP contribution in [0, 0.1) is 5.82 Å². The molecule has 0 aromatic heterocycles. The van der Waals surface area contributed by atoms with Gasteiger partial charge < -0.3 is 4.90 Å². The molecule has 3 aromatic rings. The molecule has 14 heteroatoms. The molecule has 0 saturated carbocycles. The molecule has 1 aliphatic carbocycles. The van der Waals surface area contributed by atoms with Crippen molar-refractivity contribution in [1.29, 1.82) is 0 Å². The molecule has 1 fully saturated rings. The van der Waals surface area contributed by atoms with Gasteiger partial charge in [0, 0.05) is 22.7 Å². The molecular weight excluding hydrogens is 618 g/mol. The second-order valence-corrected chi connectivity index (χ2v) is 12.8. The first kappa shape index (κ1) is 30.3. The number of sulfone groups is 1. The van der Waals surface area contributed by atoms with E-state index in [-0.39, 0.29) is 58.5 Å². The average molecular weight is 638 g/mol. The molecule has 0 N–H and O–H groups in total. The van der Waals surface area contributed by atoms with E-state index >= 15 is 0 Å². The van der Waals surface area contributed by atoms with Crippen LogP contribution in [-0.4, -0.2) is 44.2 Å². The lowest BCUT2D eigenvalue weighted by Crippen LogP contribution is -2.53. The number of likely N-dealkylation sites (tertiary alicyclic amines) is 1. The minimum absolute atomic E-state index is 0.135. The molecule has 3 aromatic carbocycles. The number of halogens is 9. The van der Waals surface area contributed by atoms with Gasteiger partial charge in [-0.15, -0.1) is 0 Å². The Kier molecular flexibility index (Phi) is 7.16. The van der Waals surface area contributed by atoms with Gasteiger partial charge in [0.05, 0.1) is 10.9 Å². The number of benzene rings is 3. The van der Waals surface area contributed by atoms with Crippen LogP contribution in [0.5, 0.6) is 0 Å². The molecule has 224 valence electrons. The van der Waals surface area contributed by atoms with Crippen molar-refractivity contribution in [2.75, 3.05) is 6.54 Å². The fourth-order valence-corrected chi connectivity index (χ4v) is 8.64. The first-order chi connectivity index (χ1) is 19.4. The Hall–Kier alpha value is -3.19. The van der Waals surface area contributed by atoms with E-state index in [1.54, 1.807) is 0 Å². The first-order valence-corrected chi connectivity index (χ1v) is 14.3. The summed E-state index contributed by atoms with van der Waals surface area (Å²) in [5, 5.41) is 0.232. The fraction of sp³-hybridized carbons (Fsp3) is 0.321. The van der Waals surface area contributed by atoms with Gasteiger partial charge in [0.25, 0.3) is 5.91 Å². The van der Waals surface area contributed by atoms with E-state index in [4.69, 9.17) is 11.6 Å². The van der Waals surface area contributed by atoms with Gasteiger partial charge in [-0.2, -0.15) is 26.3 Å². The summed E-state index contributed by atoms with van der Waals surface area (Å²) in [6.45, 7) is -0.143. The summed E-state index contributed by atoms with van der Waals surface area (Å²) in [5.41, 5.74) is -7.70. The quantitative estimate of drug-likeness (QED) is 0.223. The second-order valence-electron chi connectivity index (χ2n) is 10.2. The largest absolute Gasteiger partial charge is 0.435 e. The predicted octanol–water partition coefficient (Wildman–Crippen LogP) is 7.30. The summed E-state index contributed by atoms with van der Waals surface area (Å²) in [4.78, 5) is 14.5. The van der Waals surface area contributed by atoms with Crippen LogP contribution in [0.25, 0.3) is 0 Å². The molecule has 1 aliphatic heterocycles. The number of hydrogen-bond acceptors (Lipinski definition) is 3. The molecular formula is C28H20ClF8NO3S. The Morgan fingerprint density at radius 1 is 0.905 bits per heavy atom. The molecule has 2 aliphatic rings. The Balaban J connectivity index is 1.71. The van der Waals surface area contributed by atoms with Crippen molar-refractivity contribution in [3.63, 3.8) is 0 Å². The maximum Gasteiger partial charge on any atom is 0.435 e. The van der Waals surface area contributed by atoms with Gasteiger partial charge >= 0.3 is 18.0 Å². The highest BCUT2D eigenvalue weighted by Gasteiger charge is 2.73. The van der Waals surface area contributed by atoms with Crippen LogP contribution in [0.3, 0.4) is 0 Å². The summed E-state index contributed by atoms with van der Waals surface area (Å²) in [5.74, 6) is -1.34. The Labute approximate surface area is 239 Å². The zero-order valence-corrected chi connectivity index (χ0v) is 22.8. The fourth-order valence-electron chi connectivity index (χ4n) is 6.08. The van der Waals surface area contributed by atoms with E-state index in [0.717, 1.165) is 30.3 Å². The minimum Gasteiger partial charge on any atom is -0.334 e. The van der Waals surface area contributed by atoms with Crippen molar-refractivity contribution in [3.05, 3.63) is 99.8 Å². The number of fused-ring (bicyclic) bond motifs is 3. The van der Waals surface area contributed by atoms with E-state index < -0.39 is 55.9 Å². The lowest BCUT2D eigenvalue weighted by molar-refractivity contribution is -0.348. The van der Waals surface area contributed by atoms with Gasteiger partial charge in [0.1, 0.15) is 10.6 Å². The normalized spacial score (nSPS) is 21.2. The van der Waals surface area contributed by atoms with E-state index in [1.807, 2.05) is 0 Å². The lowest BCUT2D eigenvalue weighted by Gasteiger charge is -2.43. The van der Waals surface area contributed by atoms with Crippen molar-refractivity contribution in [3.8, 4) is 0 Å². The SMILES string of the molecule is O=C(c1cccc(Cl)c1)N1CC[C@@]2(S(=O)(=O)c3ccc(F)cc3)c3ccc(C(F)(C(F)(F)F)C(F)(F)F)cc3CC[C@@H]12. The van der Waals surface area contributed by atoms with Crippen molar-refractivity contribution in [2.24, 2.45) is 0 Å². The molecule has 0 spiro atoms. The van der Waals surface area contributed by atoms with Crippen molar-refractivity contribution in [2.45, 2.75) is 53.0 Å². The highest BCUT2D eigenvalue weighted by Crippen LogP contribution is 2.56. The van der Waals surface area contributed by atoms with Crippen LogP contribution >= 0.6 is 11.6 Å². The molecule has 0 bridgehead atoms. The number of carbonyl (C=O) groups is 1. The third-order valence-corrected chi connectivity index (χ3v) is 10.8. The van der Waals surface area contributed by atoms with Gasteiger partial charge in [0.2, 0.25) is 0 Å². The second kappa shape index (κ2) is 9.94. The van der Waals surface area contributed by atoms with Crippen LogP contribution in [0.1, 0.15) is 39.9 Å². The number of alkyl halides is 7. The molecule has 42 heavy (non-hydrogen) atoms. The van der Waals surface area contributed by atoms with Gasteiger partial charge in [-0.25, -0.2) is 17.2 Å².